The fourth-order valence-electron chi connectivity index (χ4n) is 5.66. The molecule has 44 heavy (non-hydrogen) atoms. The smallest absolute Gasteiger partial charge is 0.260 e. The van der Waals surface area contributed by atoms with Crippen molar-refractivity contribution in [3.63, 3.8) is 0 Å². The molecule has 4 amide bonds. The number of carbonyl (C=O) groups excluding carboxylic acids is 4. The molecule has 1 aromatic heterocycles. The number of ether oxygens (including phenoxy) is 1. The van der Waals surface area contributed by atoms with Gasteiger partial charge in [0.2, 0.25) is 11.8 Å². The molecular weight excluding hydrogens is 562 g/mol. The van der Waals surface area contributed by atoms with Gasteiger partial charge in [0.1, 0.15) is 23.4 Å². The minimum Gasteiger partial charge on any atom is -0.484 e. The zero-order chi connectivity index (χ0) is 31.8. The number of amides is 4. The van der Waals surface area contributed by atoms with E-state index in [-0.39, 0.29) is 42.6 Å². The lowest BCUT2D eigenvalue weighted by molar-refractivity contribution is -0.138. The maximum Gasteiger partial charge on any atom is 0.260 e. The fraction of sp³-hybridized carbons (Fsp3) is 0.625. The van der Waals surface area contributed by atoms with Crippen LogP contribution in [0.15, 0.2) is 24.3 Å². The van der Waals surface area contributed by atoms with Crippen LogP contribution < -0.4 is 10.1 Å². The van der Waals surface area contributed by atoms with Gasteiger partial charge in [-0.15, -0.1) is 0 Å². The van der Waals surface area contributed by atoms with Crippen molar-refractivity contribution in [1.82, 2.24) is 34.8 Å². The number of piperidine rings is 1. The highest BCUT2D eigenvalue weighted by molar-refractivity contribution is 5.94. The Bertz CT molecular complexity index is 1300. The molecule has 1 fully saturated rings. The molecule has 240 valence electrons. The maximum atomic E-state index is 13.7. The Kier molecular flexibility index (Phi) is 11.4. The van der Waals surface area contributed by atoms with Crippen molar-refractivity contribution in [2.24, 2.45) is 5.92 Å². The summed E-state index contributed by atoms with van der Waals surface area (Å²) in [5.74, 6) is 1.42. The molecule has 1 aromatic carbocycles. The summed E-state index contributed by atoms with van der Waals surface area (Å²) in [7, 11) is 1.63. The molecule has 1 saturated heterocycles. The van der Waals surface area contributed by atoms with E-state index in [4.69, 9.17) is 4.74 Å². The quantitative estimate of drug-likeness (QED) is 0.533. The van der Waals surface area contributed by atoms with Gasteiger partial charge < -0.3 is 24.8 Å². The van der Waals surface area contributed by atoms with Crippen LogP contribution in [0.2, 0.25) is 0 Å². The van der Waals surface area contributed by atoms with E-state index in [9.17, 15) is 19.2 Å². The molecule has 2 aromatic rings. The molecular formula is C32H47N7O5. The van der Waals surface area contributed by atoms with Crippen LogP contribution in [0, 0.1) is 12.8 Å². The molecule has 0 spiro atoms. The molecule has 3 heterocycles. The summed E-state index contributed by atoms with van der Waals surface area (Å²) in [5, 5.41) is 7.70. The SMILES string of the molecule is Cc1nc2n(n1)CCN(C(=O)c1ccc(OCC(=O)N3CCCCC3)cc1)CCCC(=O)N(C)[C@@H](C)C(=O)N[C@@H]2CC(C)C. The summed E-state index contributed by atoms with van der Waals surface area (Å²) >= 11 is 0. The van der Waals surface area contributed by atoms with Crippen LogP contribution in [0.3, 0.4) is 0 Å². The van der Waals surface area contributed by atoms with Crippen molar-refractivity contribution >= 4 is 23.6 Å². The topological polar surface area (TPSA) is 130 Å². The molecule has 2 aliphatic heterocycles. The lowest BCUT2D eigenvalue weighted by Crippen LogP contribution is -2.47. The zero-order valence-corrected chi connectivity index (χ0v) is 26.8. The first-order valence-electron chi connectivity index (χ1n) is 15.8. The fourth-order valence-corrected chi connectivity index (χ4v) is 5.66. The van der Waals surface area contributed by atoms with Crippen LogP contribution in [-0.2, 0) is 20.9 Å². The number of benzene rings is 1. The molecule has 12 nitrogen and oxygen atoms in total. The lowest BCUT2D eigenvalue weighted by atomic mass is 10.0. The summed E-state index contributed by atoms with van der Waals surface area (Å²) in [6, 6.07) is 5.77. The van der Waals surface area contributed by atoms with Crippen LogP contribution in [0.4, 0.5) is 0 Å². The van der Waals surface area contributed by atoms with E-state index < -0.39 is 12.1 Å². The van der Waals surface area contributed by atoms with Crippen molar-refractivity contribution < 1.29 is 23.9 Å². The average Bonchev–Trinajstić information content (AvgIpc) is 3.40. The van der Waals surface area contributed by atoms with Crippen LogP contribution in [0.5, 0.6) is 5.75 Å². The molecule has 0 bridgehead atoms. The molecule has 2 aliphatic rings. The normalized spacial score (nSPS) is 20.6. The number of aromatic nitrogens is 3. The third kappa shape index (κ3) is 8.57. The van der Waals surface area contributed by atoms with Crippen molar-refractivity contribution in [2.45, 2.75) is 84.8 Å². The summed E-state index contributed by atoms with van der Waals surface area (Å²) in [6.07, 6.45) is 4.50. The highest BCUT2D eigenvalue weighted by atomic mass is 16.5. The van der Waals surface area contributed by atoms with Crippen molar-refractivity contribution in [1.29, 1.82) is 0 Å². The molecule has 1 N–H and O–H groups in total. The molecule has 0 unspecified atom stereocenters. The zero-order valence-electron chi connectivity index (χ0n) is 26.8. The summed E-state index contributed by atoms with van der Waals surface area (Å²) < 4.78 is 7.51. The Hall–Kier alpha value is -3.96. The second kappa shape index (κ2) is 15.2. The van der Waals surface area contributed by atoms with Crippen molar-refractivity contribution in [2.75, 3.05) is 39.8 Å². The van der Waals surface area contributed by atoms with E-state index in [1.54, 1.807) is 47.8 Å². The number of likely N-dealkylation sites (N-methyl/N-ethyl adjacent to an activating group) is 1. The van der Waals surface area contributed by atoms with Gasteiger partial charge in [0.25, 0.3) is 11.8 Å². The highest BCUT2D eigenvalue weighted by Crippen LogP contribution is 2.22. The number of likely N-dealkylation sites (tertiary alicyclic amines) is 1. The van der Waals surface area contributed by atoms with Gasteiger partial charge in [0.05, 0.1) is 12.6 Å². The predicted molar refractivity (Wildman–Crippen MR) is 165 cm³/mol. The Balaban J connectivity index is 1.50. The predicted octanol–water partition coefficient (Wildman–Crippen LogP) is 2.96. The second-order valence-corrected chi connectivity index (χ2v) is 12.3. The van der Waals surface area contributed by atoms with E-state index in [2.05, 4.69) is 29.2 Å². The van der Waals surface area contributed by atoms with E-state index in [1.807, 2.05) is 11.8 Å². The van der Waals surface area contributed by atoms with Gasteiger partial charge in [-0.2, -0.15) is 5.10 Å². The monoisotopic (exact) mass is 609 g/mol. The largest absolute Gasteiger partial charge is 0.484 e. The molecule has 4 rings (SSSR count). The summed E-state index contributed by atoms with van der Waals surface area (Å²) in [4.78, 5) is 62.0. The molecule has 2 atom stereocenters. The number of carbonyl (C=O) groups is 4. The van der Waals surface area contributed by atoms with E-state index in [0.29, 0.717) is 55.4 Å². The first-order valence-corrected chi connectivity index (χ1v) is 15.8. The van der Waals surface area contributed by atoms with Gasteiger partial charge in [0.15, 0.2) is 6.61 Å². The van der Waals surface area contributed by atoms with Crippen molar-refractivity contribution in [3.05, 3.63) is 41.5 Å². The third-order valence-corrected chi connectivity index (χ3v) is 8.36. The van der Waals surface area contributed by atoms with Crippen molar-refractivity contribution in [3.8, 4) is 5.75 Å². The van der Waals surface area contributed by atoms with Gasteiger partial charge in [-0.05, 0) is 76.1 Å². The minimum atomic E-state index is -0.661. The number of aryl methyl sites for hydroxylation is 1. The van der Waals surface area contributed by atoms with Crippen LogP contribution in [0.1, 0.15) is 87.3 Å². The van der Waals surface area contributed by atoms with Gasteiger partial charge >= 0.3 is 0 Å². The lowest BCUT2D eigenvalue weighted by Gasteiger charge is -2.29. The Labute approximate surface area is 260 Å². The number of rotatable bonds is 6. The standard InChI is InChI=1S/C32H47N7O5/c1-22(2)20-27-30-33-24(4)35-39(30)19-18-38(17-9-10-28(40)36(5)23(3)31(42)34-27)32(43)25-11-13-26(14-12-25)44-21-29(41)37-15-7-6-8-16-37/h11-14,22-23,27H,6-10,15-21H2,1-5H3,(H,34,42)/t23-,27+/m0/s1. The molecule has 12 heteroatoms. The highest BCUT2D eigenvalue weighted by Gasteiger charge is 2.29. The number of fused-ring (bicyclic) bond motifs is 1. The van der Waals surface area contributed by atoms with Crippen LogP contribution in [-0.4, -0.2) is 99.0 Å². The van der Waals surface area contributed by atoms with Gasteiger partial charge in [-0.25, -0.2) is 9.67 Å². The van der Waals surface area contributed by atoms with E-state index >= 15 is 0 Å². The Morgan fingerprint density at radius 1 is 0.977 bits per heavy atom. The summed E-state index contributed by atoms with van der Waals surface area (Å²) in [6.45, 7) is 10.3. The number of hydrogen-bond donors (Lipinski definition) is 1. The Morgan fingerprint density at radius 2 is 1.66 bits per heavy atom. The van der Waals surface area contributed by atoms with Crippen LogP contribution >= 0.6 is 0 Å². The number of nitrogens with zero attached hydrogens (tertiary/aromatic N) is 6. The van der Waals surface area contributed by atoms with E-state index in [0.717, 1.165) is 32.4 Å². The molecule has 0 radical (unpaired) electrons. The average molecular weight is 610 g/mol. The first-order chi connectivity index (χ1) is 21.0. The first kappa shape index (κ1) is 32.9. The molecule has 0 aliphatic carbocycles. The second-order valence-electron chi connectivity index (χ2n) is 12.3. The summed E-state index contributed by atoms with van der Waals surface area (Å²) in [5.41, 5.74) is 0.484. The minimum absolute atomic E-state index is 0.0248. The van der Waals surface area contributed by atoms with Crippen LogP contribution in [0.25, 0.3) is 0 Å². The number of nitrogens with one attached hydrogen (secondary N) is 1. The van der Waals surface area contributed by atoms with Gasteiger partial charge in [-0.3, -0.25) is 19.2 Å². The third-order valence-electron chi connectivity index (χ3n) is 8.36. The number of hydrogen-bond acceptors (Lipinski definition) is 7. The van der Waals surface area contributed by atoms with Gasteiger partial charge in [-0.1, -0.05) is 13.8 Å². The molecule has 0 saturated carbocycles. The van der Waals surface area contributed by atoms with Gasteiger partial charge in [0, 0.05) is 45.2 Å². The maximum absolute atomic E-state index is 13.7. The Morgan fingerprint density at radius 3 is 2.34 bits per heavy atom. The van der Waals surface area contributed by atoms with E-state index in [1.165, 1.54) is 4.90 Å².